The molecule has 1 amide bonds. The van der Waals surface area contributed by atoms with Crippen LogP contribution in [0.25, 0.3) is 11.0 Å². The number of amides is 1. The molecule has 1 aliphatic heterocycles. The molecule has 1 aromatic heterocycles. The molecule has 122 valence electrons. The minimum atomic E-state index is -0.966. The number of carbonyl (C=O) groups excluding carboxylic acids is 1. The summed E-state index contributed by atoms with van der Waals surface area (Å²) < 4.78 is 11.0. The highest BCUT2D eigenvalue weighted by Crippen LogP contribution is 2.29. The number of hydrogen-bond acceptors (Lipinski definition) is 4. The number of nitrogens with zero attached hydrogens (tertiary/aromatic N) is 1. The van der Waals surface area contributed by atoms with E-state index in [4.69, 9.17) is 25.9 Å². The predicted octanol–water partition coefficient (Wildman–Crippen LogP) is 2.71. The Morgan fingerprint density at radius 1 is 1.43 bits per heavy atom. The lowest BCUT2D eigenvalue weighted by atomic mass is 10.1. The number of aryl methyl sites for hydroxylation is 1. The Bertz CT molecular complexity index is 769. The van der Waals surface area contributed by atoms with Crippen molar-refractivity contribution in [2.45, 2.75) is 19.4 Å². The molecule has 0 radical (unpaired) electrons. The molecule has 2 aromatic rings. The SMILES string of the molecule is Cc1c(C(=O)N2CCOCC2CC(=O)O)oc2ccc(Cl)cc12. The second-order valence-electron chi connectivity index (χ2n) is 5.52. The number of aliphatic carboxylic acids is 1. The molecule has 1 fully saturated rings. The Morgan fingerprint density at radius 2 is 2.22 bits per heavy atom. The standard InChI is InChI=1S/C16H16ClNO5/c1-9-12-6-10(17)2-3-13(12)23-15(9)16(21)18-4-5-22-8-11(18)7-14(19)20/h2-3,6,11H,4-5,7-8H2,1H3,(H,19,20). The van der Waals surface area contributed by atoms with E-state index in [1.807, 2.05) is 0 Å². The number of carbonyl (C=O) groups is 2. The number of furan rings is 1. The second kappa shape index (κ2) is 6.22. The summed E-state index contributed by atoms with van der Waals surface area (Å²) in [6, 6.07) is 4.67. The molecule has 23 heavy (non-hydrogen) atoms. The minimum Gasteiger partial charge on any atom is -0.481 e. The van der Waals surface area contributed by atoms with Crippen LogP contribution < -0.4 is 0 Å². The van der Waals surface area contributed by atoms with Gasteiger partial charge in [0.05, 0.1) is 25.7 Å². The van der Waals surface area contributed by atoms with Crippen LogP contribution in [-0.4, -0.2) is 47.7 Å². The first-order valence-corrected chi connectivity index (χ1v) is 7.64. The van der Waals surface area contributed by atoms with Gasteiger partial charge in [0.25, 0.3) is 5.91 Å². The molecule has 1 N–H and O–H groups in total. The quantitative estimate of drug-likeness (QED) is 0.931. The Balaban J connectivity index is 1.95. The van der Waals surface area contributed by atoms with E-state index >= 15 is 0 Å². The molecule has 7 heteroatoms. The van der Waals surface area contributed by atoms with Gasteiger partial charge >= 0.3 is 5.97 Å². The summed E-state index contributed by atoms with van der Waals surface area (Å²) >= 11 is 5.99. The van der Waals surface area contributed by atoms with Gasteiger partial charge in [0.2, 0.25) is 0 Å². The lowest BCUT2D eigenvalue weighted by Crippen LogP contribution is -2.49. The van der Waals surface area contributed by atoms with Crippen LogP contribution in [0.1, 0.15) is 22.5 Å². The highest BCUT2D eigenvalue weighted by atomic mass is 35.5. The molecule has 0 spiro atoms. The van der Waals surface area contributed by atoms with Gasteiger partial charge in [-0.1, -0.05) is 11.6 Å². The third-order valence-corrected chi connectivity index (χ3v) is 4.23. The van der Waals surface area contributed by atoms with E-state index in [-0.39, 0.29) is 24.7 Å². The summed E-state index contributed by atoms with van der Waals surface area (Å²) in [5.41, 5.74) is 1.28. The number of rotatable bonds is 3. The molecule has 1 saturated heterocycles. The lowest BCUT2D eigenvalue weighted by molar-refractivity contribution is -0.139. The van der Waals surface area contributed by atoms with Gasteiger partial charge in [-0.3, -0.25) is 9.59 Å². The van der Waals surface area contributed by atoms with E-state index in [0.717, 1.165) is 5.39 Å². The molecular weight excluding hydrogens is 322 g/mol. The van der Waals surface area contributed by atoms with Gasteiger partial charge in [0.15, 0.2) is 5.76 Å². The fourth-order valence-electron chi connectivity index (χ4n) is 2.82. The van der Waals surface area contributed by atoms with E-state index in [0.29, 0.717) is 29.3 Å². The summed E-state index contributed by atoms with van der Waals surface area (Å²) in [7, 11) is 0. The van der Waals surface area contributed by atoms with Crippen LogP contribution in [0.3, 0.4) is 0 Å². The van der Waals surface area contributed by atoms with Crippen molar-refractivity contribution in [1.29, 1.82) is 0 Å². The number of fused-ring (bicyclic) bond motifs is 1. The first kappa shape index (κ1) is 15.8. The number of halogens is 1. The Hall–Kier alpha value is -2.05. The topological polar surface area (TPSA) is 80.0 Å². The highest BCUT2D eigenvalue weighted by molar-refractivity contribution is 6.31. The zero-order valence-electron chi connectivity index (χ0n) is 12.5. The summed E-state index contributed by atoms with van der Waals surface area (Å²) in [5.74, 6) is -1.06. The van der Waals surface area contributed by atoms with Crippen molar-refractivity contribution >= 4 is 34.4 Å². The average molecular weight is 338 g/mol. The van der Waals surface area contributed by atoms with Gasteiger partial charge < -0.3 is 19.2 Å². The largest absolute Gasteiger partial charge is 0.481 e. The molecule has 0 aliphatic carbocycles. The maximum atomic E-state index is 12.8. The Kier molecular flexibility index (Phi) is 4.28. The van der Waals surface area contributed by atoms with Crippen molar-refractivity contribution in [3.8, 4) is 0 Å². The van der Waals surface area contributed by atoms with E-state index in [1.54, 1.807) is 25.1 Å². The van der Waals surface area contributed by atoms with Crippen molar-refractivity contribution in [3.05, 3.63) is 34.5 Å². The summed E-state index contributed by atoms with van der Waals surface area (Å²) in [5, 5.41) is 10.4. The maximum absolute atomic E-state index is 12.8. The Morgan fingerprint density at radius 3 is 2.96 bits per heavy atom. The van der Waals surface area contributed by atoms with Crippen molar-refractivity contribution in [2.75, 3.05) is 19.8 Å². The zero-order chi connectivity index (χ0) is 16.6. The zero-order valence-corrected chi connectivity index (χ0v) is 13.3. The molecular formula is C16H16ClNO5. The number of hydrogen-bond donors (Lipinski definition) is 1. The molecule has 1 aliphatic rings. The molecule has 2 heterocycles. The predicted molar refractivity (Wildman–Crippen MR) is 83.9 cm³/mol. The van der Waals surface area contributed by atoms with Crippen LogP contribution in [0.4, 0.5) is 0 Å². The number of benzene rings is 1. The van der Waals surface area contributed by atoms with E-state index in [2.05, 4.69) is 0 Å². The molecule has 6 nitrogen and oxygen atoms in total. The molecule has 1 aromatic carbocycles. The van der Waals surface area contributed by atoms with Gasteiger partial charge in [-0.2, -0.15) is 0 Å². The number of carboxylic acid groups (broad SMARTS) is 1. The van der Waals surface area contributed by atoms with Crippen molar-refractivity contribution in [2.24, 2.45) is 0 Å². The smallest absolute Gasteiger partial charge is 0.305 e. The van der Waals surface area contributed by atoms with Crippen molar-refractivity contribution in [3.63, 3.8) is 0 Å². The normalized spacial score (nSPS) is 18.3. The first-order chi connectivity index (χ1) is 11.0. The third-order valence-electron chi connectivity index (χ3n) is 3.99. The van der Waals surface area contributed by atoms with Gasteiger partial charge in [-0.15, -0.1) is 0 Å². The van der Waals surface area contributed by atoms with E-state index in [1.165, 1.54) is 4.90 Å². The fraction of sp³-hybridized carbons (Fsp3) is 0.375. The molecule has 3 rings (SSSR count). The minimum absolute atomic E-state index is 0.156. The fourth-order valence-corrected chi connectivity index (χ4v) is 2.99. The second-order valence-corrected chi connectivity index (χ2v) is 5.96. The van der Waals surface area contributed by atoms with Crippen LogP contribution >= 0.6 is 11.6 Å². The van der Waals surface area contributed by atoms with Crippen LogP contribution in [0, 0.1) is 6.92 Å². The number of ether oxygens (including phenoxy) is 1. The van der Waals surface area contributed by atoms with Gasteiger partial charge in [-0.05, 0) is 25.1 Å². The van der Waals surface area contributed by atoms with Crippen LogP contribution in [0.2, 0.25) is 5.02 Å². The molecule has 0 saturated carbocycles. The molecule has 0 bridgehead atoms. The monoisotopic (exact) mass is 337 g/mol. The van der Waals surface area contributed by atoms with Crippen LogP contribution in [0.15, 0.2) is 22.6 Å². The maximum Gasteiger partial charge on any atom is 0.305 e. The van der Waals surface area contributed by atoms with Crippen molar-refractivity contribution < 1.29 is 23.8 Å². The third kappa shape index (κ3) is 3.04. The highest BCUT2D eigenvalue weighted by Gasteiger charge is 2.32. The number of morpholine rings is 1. The van der Waals surface area contributed by atoms with Crippen LogP contribution in [0.5, 0.6) is 0 Å². The van der Waals surface area contributed by atoms with E-state index in [9.17, 15) is 9.59 Å². The molecule has 1 atom stereocenters. The van der Waals surface area contributed by atoms with Gasteiger partial charge in [0.1, 0.15) is 5.58 Å². The Labute approximate surface area is 137 Å². The lowest BCUT2D eigenvalue weighted by Gasteiger charge is -2.34. The first-order valence-electron chi connectivity index (χ1n) is 7.26. The van der Waals surface area contributed by atoms with Crippen molar-refractivity contribution in [1.82, 2.24) is 4.90 Å². The summed E-state index contributed by atoms with van der Waals surface area (Å²) in [6.45, 7) is 2.73. The molecule has 1 unspecified atom stereocenters. The van der Waals surface area contributed by atoms with Gasteiger partial charge in [0, 0.05) is 22.5 Å². The summed E-state index contributed by atoms with van der Waals surface area (Å²) in [6.07, 6.45) is -0.156. The average Bonchev–Trinajstić information content (AvgIpc) is 2.83. The van der Waals surface area contributed by atoms with Crippen LogP contribution in [-0.2, 0) is 9.53 Å². The summed E-state index contributed by atoms with van der Waals surface area (Å²) in [4.78, 5) is 25.3. The number of carboxylic acids is 1. The van der Waals surface area contributed by atoms with E-state index < -0.39 is 12.0 Å². The van der Waals surface area contributed by atoms with Gasteiger partial charge in [-0.25, -0.2) is 0 Å².